The van der Waals surface area contributed by atoms with E-state index in [1.54, 1.807) is 17.8 Å². The molecule has 1 amide bonds. The quantitative estimate of drug-likeness (QED) is 0.785. The molecule has 2 heterocycles. The van der Waals surface area contributed by atoms with Gasteiger partial charge in [0.1, 0.15) is 0 Å². The molecule has 3 nitrogen and oxygen atoms in total. The van der Waals surface area contributed by atoms with Crippen molar-refractivity contribution in [1.29, 1.82) is 0 Å². The highest BCUT2D eigenvalue weighted by Crippen LogP contribution is 2.38. The normalized spacial score (nSPS) is 20.2. The van der Waals surface area contributed by atoms with Gasteiger partial charge < -0.3 is 0 Å². The number of anilines is 1. The van der Waals surface area contributed by atoms with Gasteiger partial charge in [0.25, 0.3) is 0 Å². The third-order valence-corrected chi connectivity index (χ3v) is 5.49. The molecule has 0 spiro atoms. The number of carbonyl (C=O) groups excluding carboxylic acids is 1. The molecule has 2 aromatic rings. The fraction of sp³-hybridized carbons (Fsp3) is 0.176. The first kappa shape index (κ1) is 13.9. The summed E-state index contributed by atoms with van der Waals surface area (Å²) in [5.74, 6) is 1.09. The Bertz CT molecular complexity index is 790. The van der Waals surface area contributed by atoms with Gasteiger partial charge in [-0.1, -0.05) is 41.9 Å². The molecule has 2 aromatic carbocycles. The van der Waals surface area contributed by atoms with Gasteiger partial charge in [0, 0.05) is 28.6 Å². The maximum atomic E-state index is 12.5. The van der Waals surface area contributed by atoms with Gasteiger partial charge in [-0.25, -0.2) is 0 Å². The zero-order valence-electron chi connectivity index (χ0n) is 11.7. The zero-order valence-corrected chi connectivity index (χ0v) is 13.3. The largest absolute Gasteiger partial charge is 0.273 e. The summed E-state index contributed by atoms with van der Waals surface area (Å²) in [5, 5.41) is 6.66. The van der Waals surface area contributed by atoms with Gasteiger partial charge in [-0.15, -0.1) is 11.8 Å². The van der Waals surface area contributed by atoms with Crippen molar-refractivity contribution in [3.63, 3.8) is 0 Å². The second kappa shape index (κ2) is 5.45. The van der Waals surface area contributed by atoms with E-state index in [1.807, 2.05) is 30.3 Å². The van der Waals surface area contributed by atoms with E-state index in [-0.39, 0.29) is 11.8 Å². The molecule has 1 unspecified atom stereocenters. The van der Waals surface area contributed by atoms with Crippen molar-refractivity contribution in [1.82, 2.24) is 0 Å². The minimum atomic E-state index is 0.00170. The Morgan fingerprint density at radius 2 is 1.91 bits per heavy atom. The van der Waals surface area contributed by atoms with Gasteiger partial charge in [0.2, 0.25) is 5.91 Å². The summed E-state index contributed by atoms with van der Waals surface area (Å²) in [6.45, 7) is 0. The highest BCUT2D eigenvalue weighted by molar-refractivity contribution is 7.99. The van der Waals surface area contributed by atoms with Gasteiger partial charge in [0.05, 0.1) is 16.4 Å². The number of nitrogens with zero attached hydrogens (tertiary/aromatic N) is 2. The van der Waals surface area contributed by atoms with Crippen LogP contribution in [0.5, 0.6) is 0 Å². The highest BCUT2D eigenvalue weighted by atomic mass is 35.5. The lowest BCUT2D eigenvalue weighted by Crippen LogP contribution is -2.39. The number of amides is 1. The van der Waals surface area contributed by atoms with E-state index in [0.717, 1.165) is 17.0 Å². The fourth-order valence-electron chi connectivity index (χ4n) is 2.86. The van der Waals surface area contributed by atoms with Crippen molar-refractivity contribution in [3.8, 4) is 0 Å². The molecule has 2 aliphatic heterocycles. The molecule has 4 rings (SSSR count). The number of para-hydroxylation sites is 1. The number of thioether (sulfide) groups is 1. The molecule has 0 saturated carbocycles. The summed E-state index contributed by atoms with van der Waals surface area (Å²) in [5.41, 5.74) is 2.78. The van der Waals surface area contributed by atoms with Crippen molar-refractivity contribution in [3.05, 3.63) is 59.1 Å². The lowest BCUT2D eigenvalue weighted by molar-refractivity contribution is -0.119. The second-order valence-corrected chi connectivity index (χ2v) is 6.82. The third kappa shape index (κ3) is 2.23. The summed E-state index contributed by atoms with van der Waals surface area (Å²) < 4.78 is 0. The van der Waals surface area contributed by atoms with Crippen LogP contribution in [0.2, 0.25) is 5.02 Å². The van der Waals surface area contributed by atoms with Crippen molar-refractivity contribution < 1.29 is 4.79 Å². The molecule has 0 aromatic heterocycles. The number of halogens is 1. The molecule has 2 aliphatic rings. The van der Waals surface area contributed by atoms with Crippen LogP contribution in [0, 0.1) is 5.92 Å². The Labute approximate surface area is 138 Å². The van der Waals surface area contributed by atoms with Gasteiger partial charge in [-0.05, 0) is 18.2 Å². The smallest absolute Gasteiger partial charge is 0.248 e. The van der Waals surface area contributed by atoms with Gasteiger partial charge in [0.15, 0.2) is 0 Å². The maximum Gasteiger partial charge on any atom is 0.248 e. The van der Waals surface area contributed by atoms with Crippen LogP contribution in [-0.4, -0.2) is 17.4 Å². The van der Waals surface area contributed by atoms with Crippen molar-refractivity contribution in [2.75, 3.05) is 10.8 Å². The van der Waals surface area contributed by atoms with E-state index < -0.39 is 0 Å². The minimum absolute atomic E-state index is 0.00170. The molecule has 0 bridgehead atoms. The Balaban J connectivity index is 1.84. The molecule has 110 valence electrons. The minimum Gasteiger partial charge on any atom is -0.273 e. The zero-order chi connectivity index (χ0) is 15.1. The SMILES string of the molecule is O=C1CC2CSc3ccccc3C2=NN1c1ccccc1Cl. The van der Waals surface area contributed by atoms with Crippen LogP contribution in [0.25, 0.3) is 0 Å². The van der Waals surface area contributed by atoms with Gasteiger partial charge >= 0.3 is 0 Å². The first-order valence-electron chi connectivity index (χ1n) is 7.12. The molecule has 22 heavy (non-hydrogen) atoms. The molecule has 0 saturated heterocycles. The van der Waals surface area contributed by atoms with E-state index in [2.05, 4.69) is 17.2 Å². The summed E-state index contributed by atoms with van der Waals surface area (Å²) >= 11 is 8.03. The number of fused-ring (bicyclic) bond motifs is 3. The summed E-state index contributed by atoms with van der Waals surface area (Å²) in [7, 11) is 0. The lowest BCUT2D eigenvalue weighted by Gasteiger charge is -2.33. The average Bonchev–Trinajstić information content (AvgIpc) is 2.55. The fourth-order valence-corrected chi connectivity index (χ4v) is 4.23. The highest BCUT2D eigenvalue weighted by Gasteiger charge is 2.35. The van der Waals surface area contributed by atoms with Crippen LogP contribution >= 0.6 is 23.4 Å². The third-order valence-electron chi connectivity index (χ3n) is 3.94. The molecule has 0 radical (unpaired) electrons. The predicted octanol–water partition coefficient (Wildman–Crippen LogP) is 4.20. The number of hydrogen-bond acceptors (Lipinski definition) is 3. The Morgan fingerprint density at radius 1 is 1.14 bits per heavy atom. The van der Waals surface area contributed by atoms with Gasteiger partial charge in [-0.3, -0.25) is 4.79 Å². The maximum absolute atomic E-state index is 12.5. The van der Waals surface area contributed by atoms with Gasteiger partial charge in [-0.2, -0.15) is 10.1 Å². The number of benzene rings is 2. The number of carbonyl (C=O) groups is 1. The topological polar surface area (TPSA) is 32.7 Å². The Kier molecular flexibility index (Phi) is 3.43. The van der Waals surface area contributed by atoms with E-state index in [9.17, 15) is 4.79 Å². The summed E-state index contributed by atoms with van der Waals surface area (Å²) in [4.78, 5) is 13.7. The molecule has 0 N–H and O–H groups in total. The summed E-state index contributed by atoms with van der Waals surface area (Å²) in [6, 6.07) is 15.6. The first-order chi connectivity index (χ1) is 10.7. The molecule has 1 atom stereocenters. The Hall–Kier alpha value is -1.78. The first-order valence-corrected chi connectivity index (χ1v) is 8.48. The number of hydrogen-bond donors (Lipinski definition) is 0. The van der Waals surface area contributed by atoms with Crippen LogP contribution in [-0.2, 0) is 4.79 Å². The molecule has 5 heteroatoms. The van der Waals surface area contributed by atoms with Crippen LogP contribution in [0.4, 0.5) is 5.69 Å². The van der Waals surface area contributed by atoms with Crippen LogP contribution in [0.15, 0.2) is 58.5 Å². The summed E-state index contributed by atoms with van der Waals surface area (Å²) in [6.07, 6.45) is 0.478. The average molecular weight is 329 g/mol. The monoisotopic (exact) mass is 328 g/mol. The van der Waals surface area contributed by atoms with Crippen LogP contribution < -0.4 is 5.01 Å². The lowest BCUT2D eigenvalue weighted by atomic mass is 9.93. The van der Waals surface area contributed by atoms with E-state index >= 15 is 0 Å². The van der Waals surface area contributed by atoms with Crippen LogP contribution in [0.3, 0.4) is 0 Å². The van der Waals surface area contributed by atoms with E-state index in [4.69, 9.17) is 11.6 Å². The Morgan fingerprint density at radius 3 is 2.77 bits per heavy atom. The van der Waals surface area contributed by atoms with E-state index in [0.29, 0.717) is 17.1 Å². The number of hydrazone groups is 1. The standard InChI is InChI=1S/C17H13ClN2OS/c18-13-6-2-3-7-14(13)20-16(21)9-11-10-22-15-8-4-1-5-12(15)17(11)19-20/h1-8,11H,9-10H2. The van der Waals surface area contributed by atoms with Crippen molar-refractivity contribution in [2.45, 2.75) is 11.3 Å². The molecule has 0 aliphatic carbocycles. The molecular weight excluding hydrogens is 316 g/mol. The van der Waals surface area contributed by atoms with Crippen LogP contribution in [0.1, 0.15) is 12.0 Å². The second-order valence-electron chi connectivity index (χ2n) is 5.35. The molecule has 0 fully saturated rings. The van der Waals surface area contributed by atoms with E-state index in [1.165, 1.54) is 9.90 Å². The number of rotatable bonds is 1. The van der Waals surface area contributed by atoms with Crippen molar-refractivity contribution >= 4 is 40.7 Å². The predicted molar refractivity (Wildman–Crippen MR) is 90.7 cm³/mol. The van der Waals surface area contributed by atoms with Crippen molar-refractivity contribution in [2.24, 2.45) is 11.0 Å². The molecular formula is C17H13ClN2OS.